The van der Waals surface area contributed by atoms with Crippen LogP contribution < -0.4 is 5.32 Å². The van der Waals surface area contributed by atoms with Crippen molar-refractivity contribution in [3.8, 4) is 0 Å². The second-order valence-corrected chi connectivity index (χ2v) is 6.01. The van der Waals surface area contributed by atoms with Crippen molar-refractivity contribution in [2.75, 3.05) is 19.7 Å². The van der Waals surface area contributed by atoms with Crippen molar-refractivity contribution in [3.05, 3.63) is 0 Å². The van der Waals surface area contributed by atoms with E-state index in [9.17, 15) is 0 Å². The zero-order valence-electron chi connectivity index (χ0n) is 13.6. The van der Waals surface area contributed by atoms with Gasteiger partial charge in [0.2, 0.25) is 0 Å². The molecule has 1 N–H and O–H groups in total. The fourth-order valence-electron chi connectivity index (χ4n) is 3.21. The highest BCUT2D eigenvalue weighted by molar-refractivity contribution is 4.89. The smallest absolute Gasteiger partial charge is 0.0674 e. The first-order valence-electron chi connectivity index (χ1n) is 8.24. The normalized spacial score (nSPS) is 28.3. The topological polar surface area (TPSA) is 24.5 Å². The van der Waals surface area contributed by atoms with Gasteiger partial charge in [0.1, 0.15) is 0 Å². The summed E-state index contributed by atoms with van der Waals surface area (Å²) in [7, 11) is 0. The Bertz CT molecular complexity index is 235. The maximum atomic E-state index is 5.77. The molecule has 1 aliphatic heterocycles. The first-order valence-corrected chi connectivity index (χ1v) is 8.24. The standard InChI is InChI=1S/C16H34N2O/c1-6-9-15(17-10-7-2)16(8-3)18-11-14(5)19-12-13(18)4/h13-17H,6-12H2,1-5H3. The van der Waals surface area contributed by atoms with Gasteiger partial charge in [-0.15, -0.1) is 0 Å². The van der Waals surface area contributed by atoms with Crippen LogP contribution in [0.25, 0.3) is 0 Å². The van der Waals surface area contributed by atoms with Crippen molar-refractivity contribution in [2.45, 2.75) is 84.5 Å². The molecule has 0 aromatic heterocycles. The van der Waals surface area contributed by atoms with Crippen molar-refractivity contribution in [3.63, 3.8) is 0 Å². The lowest BCUT2D eigenvalue weighted by atomic mass is 9.96. The van der Waals surface area contributed by atoms with Crippen molar-refractivity contribution in [2.24, 2.45) is 0 Å². The Kier molecular flexibility index (Phi) is 7.96. The molecule has 0 aromatic rings. The van der Waals surface area contributed by atoms with Crippen LogP contribution in [0.2, 0.25) is 0 Å². The molecule has 0 amide bonds. The molecule has 1 rings (SSSR count). The van der Waals surface area contributed by atoms with Gasteiger partial charge in [0.05, 0.1) is 12.7 Å². The average molecular weight is 270 g/mol. The van der Waals surface area contributed by atoms with E-state index >= 15 is 0 Å². The van der Waals surface area contributed by atoms with Gasteiger partial charge in [0.25, 0.3) is 0 Å². The van der Waals surface area contributed by atoms with Crippen LogP contribution in [0.15, 0.2) is 0 Å². The second-order valence-electron chi connectivity index (χ2n) is 6.01. The summed E-state index contributed by atoms with van der Waals surface area (Å²) in [4.78, 5) is 2.68. The predicted octanol–water partition coefficient (Wildman–Crippen LogP) is 3.04. The highest BCUT2D eigenvalue weighted by Crippen LogP contribution is 2.21. The van der Waals surface area contributed by atoms with Crippen LogP contribution in [0.5, 0.6) is 0 Å². The van der Waals surface area contributed by atoms with Crippen molar-refractivity contribution in [1.82, 2.24) is 10.2 Å². The van der Waals surface area contributed by atoms with E-state index in [1.165, 1.54) is 25.7 Å². The second kappa shape index (κ2) is 8.93. The Labute approximate surface area is 120 Å². The highest BCUT2D eigenvalue weighted by atomic mass is 16.5. The number of hydrogen-bond donors (Lipinski definition) is 1. The van der Waals surface area contributed by atoms with E-state index in [0.717, 1.165) is 19.7 Å². The summed E-state index contributed by atoms with van der Waals surface area (Å²) in [5.74, 6) is 0. The van der Waals surface area contributed by atoms with Crippen molar-refractivity contribution >= 4 is 0 Å². The molecule has 3 nitrogen and oxygen atoms in total. The molecule has 0 radical (unpaired) electrons. The predicted molar refractivity (Wildman–Crippen MR) is 82.7 cm³/mol. The highest BCUT2D eigenvalue weighted by Gasteiger charge is 2.32. The van der Waals surface area contributed by atoms with E-state index in [2.05, 4.69) is 44.8 Å². The molecule has 1 saturated heterocycles. The average Bonchev–Trinajstić information content (AvgIpc) is 2.40. The van der Waals surface area contributed by atoms with E-state index < -0.39 is 0 Å². The fraction of sp³-hybridized carbons (Fsp3) is 1.00. The van der Waals surface area contributed by atoms with E-state index in [1.807, 2.05) is 0 Å². The van der Waals surface area contributed by atoms with Gasteiger partial charge in [0, 0.05) is 24.7 Å². The maximum Gasteiger partial charge on any atom is 0.0674 e. The largest absolute Gasteiger partial charge is 0.376 e. The molecule has 114 valence electrons. The molecular weight excluding hydrogens is 236 g/mol. The molecule has 3 heteroatoms. The fourth-order valence-corrected chi connectivity index (χ4v) is 3.21. The van der Waals surface area contributed by atoms with E-state index in [1.54, 1.807) is 0 Å². The lowest BCUT2D eigenvalue weighted by Crippen LogP contribution is -2.58. The molecule has 1 heterocycles. The molecule has 0 aliphatic carbocycles. The molecule has 0 saturated carbocycles. The van der Waals surface area contributed by atoms with Crippen LogP contribution in [0.1, 0.15) is 60.3 Å². The lowest BCUT2D eigenvalue weighted by molar-refractivity contribution is -0.0724. The third-order valence-electron chi connectivity index (χ3n) is 4.22. The Balaban J connectivity index is 2.69. The van der Waals surface area contributed by atoms with Crippen LogP contribution in [0.4, 0.5) is 0 Å². The molecule has 1 aliphatic rings. The first kappa shape index (κ1) is 16.9. The summed E-state index contributed by atoms with van der Waals surface area (Å²) >= 11 is 0. The molecule has 0 spiro atoms. The first-order chi connectivity index (χ1) is 9.13. The summed E-state index contributed by atoms with van der Waals surface area (Å²) in [6.07, 6.45) is 5.34. The summed E-state index contributed by atoms with van der Waals surface area (Å²) in [5, 5.41) is 3.77. The van der Waals surface area contributed by atoms with Crippen molar-refractivity contribution < 1.29 is 4.74 Å². The number of nitrogens with one attached hydrogen (secondary N) is 1. The molecular formula is C16H34N2O. The monoisotopic (exact) mass is 270 g/mol. The molecule has 1 fully saturated rings. The zero-order chi connectivity index (χ0) is 14.3. The number of nitrogens with zero attached hydrogens (tertiary/aromatic N) is 1. The molecule has 0 bridgehead atoms. The third kappa shape index (κ3) is 5.05. The zero-order valence-corrected chi connectivity index (χ0v) is 13.6. The number of ether oxygens (including phenoxy) is 1. The molecule has 19 heavy (non-hydrogen) atoms. The van der Waals surface area contributed by atoms with Crippen LogP contribution in [0, 0.1) is 0 Å². The Morgan fingerprint density at radius 2 is 1.95 bits per heavy atom. The number of hydrogen-bond acceptors (Lipinski definition) is 3. The minimum atomic E-state index is 0.374. The quantitative estimate of drug-likeness (QED) is 0.734. The van der Waals surface area contributed by atoms with Crippen LogP contribution in [0.3, 0.4) is 0 Å². The van der Waals surface area contributed by atoms with E-state index in [0.29, 0.717) is 24.2 Å². The molecule has 4 unspecified atom stereocenters. The van der Waals surface area contributed by atoms with Gasteiger partial charge in [-0.05, 0) is 39.7 Å². The number of morpholine rings is 1. The SMILES string of the molecule is CCCNC(CCC)C(CC)N1CC(C)OCC1C. The van der Waals surface area contributed by atoms with Gasteiger partial charge < -0.3 is 10.1 Å². The van der Waals surface area contributed by atoms with Gasteiger partial charge >= 0.3 is 0 Å². The van der Waals surface area contributed by atoms with Gasteiger partial charge in [-0.25, -0.2) is 0 Å². The van der Waals surface area contributed by atoms with Crippen LogP contribution in [-0.4, -0.2) is 48.8 Å². The van der Waals surface area contributed by atoms with E-state index in [4.69, 9.17) is 4.74 Å². The summed E-state index contributed by atoms with van der Waals surface area (Å²) in [6, 6.07) is 1.82. The molecule has 0 aromatic carbocycles. The minimum Gasteiger partial charge on any atom is -0.376 e. The van der Waals surface area contributed by atoms with Gasteiger partial charge in [-0.1, -0.05) is 27.2 Å². The summed E-state index contributed by atoms with van der Waals surface area (Å²) in [6.45, 7) is 14.5. The van der Waals surface area contributed by atoms with Crippen LogP contribution >= 0.6 is 0 Å². The Morgan fingerprint density at radius 3 is 2.53 bits per heavy atom. The van der Waals surface area contributed by atoms with Gasteiger partial charge in [-0.3, -0.25) is 4.90 Å². The summed E-state index contributed by atoms with van der Waals surface area (Å²) < 4.78 is 5.77. The Hall–Kier alpha value is -0.120. The van der Waals surface area contributed by atoms with Gasteiger partial charge in [-0.2, -0.15) is 0 Å². The lowest BCUT2D eigenvalue weighted by Gasteiger charge is -2.45. The van der Waals surface area contributed by atoms with E-state index in [-0.39, 0.29) is 0 Å². The maximum absolute atomic E-state index is 5.77. The molecule has 4 atom stereocenters. The van der Waals surface area contributed by atoms with Crippen molar-refractivity contribution in [1.29, 1.82) is 0 Å². The summed E-state index contributed by atoms with van der Waals surface area (Å²) in [5.41, 5.74) is 0. The Morgan fingerprint density at radius 1 is 1.21 bits per heavy atom. The van der Waals surface area contributed by atoms with Gasteiger partial charge in [0.15, 0.2) is 0 Å². The third-order valence-corrected chi connectivity index (χ3v) is 4.22. The minimum absolute atomic E-state index is 0.374. The van der Waals surface area contributed by atoms with Crippen LogP contribution in [-0.2, 0) is 4.74 Å². The number of rotatable bonds is 8.